The van der Waals surface area contributed by atoms with Gasteiger partial charge in [-0.2, -0.15) is 13.2 Å². The van der Waals surface area contributed by atoms with Crippen LogP contribution >= 0.6 is 0 Å². The van der Waals surface area contributed by atoms with Gasteiger partial charge >= 0.3 is 6.18 Å². The number of benzene rings is 1. The Morgan fingerprint density at radius 1 is 1.15 bits per heavy atom. The number of amides is 1. The number of Topliss-reactive ketones (excluding diaryl/α,β-unsaturated/α-hetero) is 1. The zero-order valence-electron chi connectivity index (χ0n) is 15.5. The number of aromatic nitrogens is 2. The molecule has 146 valence electrons. The monoisotopic (exact) mass is 381 g/mol. The van der Waals surface area contributed by atoms with Crippen molar-refractivity contribution < 1.29 is 22.8 Å². The van der Waals surface area contributed by atoms with Gasteiger partial charge in [-0.15, -0.1) is 0 Å². The Hall–Kier alpha value is -2.64. The van der Waals surface area contributed by atoms with E-state index < -0.39 is 12.7 Å². The predicted octanol–water partition coefficient (Wildman–Crippen LogP) is 3.68. The third-order valence-electron chi connectivity index (χ3n) is 4.35. The van der Waals surface area contributed by atoms with Gasteiger partial charge in [-0.05, 0) is 31.0 Å². The molecule has 0 bridgehead atoms. The smallest absolute Gasteiger partial charge is 0.338 e. The number of aryl methyl sites for hydroxylation is 2. The highest BCUT2D eigenvalue weighted by atomic mass is 19.4. The van der Waals surface area contributed by atoms with Crippen LogP contribution in [0, 0.1) is 13.8 Å². The molecule has 0 spiro atoms. The van der Waals surface area contributed by atoms with E-state index in [9.17, 15) is 22.8 Å². The highest BCUT2D eigenvalue weighted by molar-refractivity contribution is 5.98. The summed E-state index contributed by atoms with van der Waals surface area (Å²) in [6.45, 7) is 2.65. The number of hydrogen-bond acceptors (Lipinski definition) is 3. The Labute approximate surface area is 155 Å². The fourth-order valence-electron chi connectivity index (χ4n) is 2.60. The lowest BCUT2D eigenvalue weighted by molar-refractivity contribution is -0.141. The third kappa shape index (κ3) is 5.94. The summed E-state index contributed by atoms with van der Waals surface area (Å²) >= 11 is 0. The number of rotatable bonds is 7. The van der Waals surface area contributed by atoms with E-state index in [0.29, 0.717) is 5.56 Å². The minimum absolute atomic E-state index is 0.0117. The van der Waals surface area contributed by atoms with Gasteiger partial charge in [-0.3, -0.25) is 9.59 Å². The number of imidazole rings is 1. The topological polar surface area (TPSA) is 55.2 Å². The number of hydrogen-bond donors (Lipinski definition) is 0. The van der Waals surface area contributed by atoms with Gasteiger partial charge in [0.25, 0.3) is 0 Å². The van der Waals surface area contributed by atoms with E-state index in [-0.39, 0.29) is 36.9 Å². The molecular weight excluding hydrogens is 359 g/mol. The van der Waals surface area contributed by atoms with Crippen LogP contribution in [-0.2, 0) is 17.9 Å². The molecule has 0 aliphatic rings. The molecule has 0 N–H and O–H groups in total. The average molecular weight is 381 g/mol. The Balaban J connectivity index is 1.91. The molecule has 2 aromatic rings. The molecule has 0 radical (unpaired) electrons. The number of alkyl halides is 3. The Bertz CT molecular complexity index is 828. The van der Waals surface area contributed by atoms with Gasteiger partial charge in [0.05, 0.1) is 6.54 Å². The SMILES string of the molecule is Cc1ccc(C(=O)CCC(=O)N(C)Cc2nccn2CC(F)(F)F)cc1C. The maximum Gasteiger partial charge on any atom is 0.406 e. The van der Waals surface area contributed by atoms with Crippen molar-refractivity contribution in [3.63, 3.8) is 0 Å². The lowest BCUT2D eigenvalue weighted by Crippen LogP contribution is -2.29. The number of halogens is 3. The fourth-order valence-corrected chi connectivity index (χ4v) is 2.60. The van der Waals surface area contributed by atoms with Crippen LogP contribution in [0.5, 0.6) is 0 Å². The normalized spacial score (nSPS) is 11.5. The molecule has 2 rings (SSSR count). The van der Waals surface area contributed by atoms with Crippen LogP contribution in [0.3, 0.4) is 0 Å². The lowest BCUT2D eigenvalue weighted by atomic mass is 10.0. The zero-order valence-corrected chi connectivity index (χ0v) is 15.5. The van der Waals surface area contributed by atoms with Gasteiger partial charge in [-0.25, -0.2) is 4.98 Å². The molecule has 5 nitrogen and oxygen atoms in total. The first-order valence-corrected chi connectivity index (χ1v) is 8.48. The first kappa shape index (κ1) is 20.7. The number of nitrogens with zero attached hydrogens (tertiary/aromatic N) is 3. The van der Waals surface area contributed by atoms with Crippen LogP contribution in [0.15, 0.2) is 30.6 Å². The highest BCUT2D eigenvalue weighted by Crippen LogP contribution is 2.19. The molecule has 0 aliphatic heterocycles. The van der Waals surface area contributed by atoms with E-state index in [0.717, 1.165) is 15.7 Å². The average Bonchev–Trinajstić information content (AvgIpc) is 2.99. The van der Waals surface area contributed by atoms with E-state index >= 15 is 0 Å². The number of carbonyl (C=O) groups is 2. The van der Waals surface area contributed by atoms with Crippen molar-refractivity contribution in [3.05, 3.63) is 53.1 Å². The maximum absolute atomic E-state index is 12.6. The van der Waals surface area contributed by atoms with Crippen LogP contribution < -0.4 is 0 Å². The second kappa shape index (κ2) is 8.37. The van der Waals surface area contributed by atoms with E-state index in [1.807, 2.05) is 19.9 Å². The van der Waals surface area contributed by atoms with E-state index in [4.69, 9.17) is 0 Å². The van der Waals surface area contributed by atoms with Crippen molar-refractivity contribution in [1.29, 1.82) is 0 Å². The molecule has 0 unspecified atom stereocenters. The van der Waals surface area contributed by atoms with Crippen molar-refractivity contribution in [2.45, 2.75) is 46.0 Å². The molecule has 0 atom stereocenters. The van der Waals surface area contributed by atoms with Gasteiger partial charge in [0.15, 0.2) is 5.78 Å². The number of ketones is 1. The zero-order chi connectivity index (χ0) is 20.2. The van der Waals surface area contributed by atoms with E-state index in [1.165, 1.54) is 24.3 Å². The van der Waals surface area contributed by atoms with E-state index in [2.05, 4.69) is 4.98 Å². The summed E-state index contributed by atoms with van der Waals surface area (Å²) in [5, 5.41) is 0. The van der Waals surface area contributed by atoms with Gasteiger partial charge in [0, 0.05) is 37.8 Å². The van der Waals surface area contributed by atoms with Crippen LogP contribution in [0.4, 0.5) is 13.2 Å². The highest BCUT2D eigenvalue weighted by Gasteiger charge is 2.29. The van der Waals surface area contributed by atoms with Crippen LogP contribution in [0.1, 0.15) is 40.2 Å². The Morgan fingerprint density at radius 2 is 1.85 bits per heavy atom. The first-order valence-electron chi connectivity index (χ1n) is 8.48. The Kier molecular flexibility index (Phi) is 6.41. The number of carbonyl (C=O) groups excluding carboxylic acids is 2. The molecule has 1 amide bonds. The summed E-state index contributed by atoms with van der Waals surface area (Å²) in [4.78, 5) is 29.7. The summed E-state index contributed by atoms with van der Waals surface area (Å²) in [6.07, 6.45) is -1.84. The Morgan fingerprint density at radius 3 is 2.48 bits per heavy atom. The second-order valence-corrected chi connectivity index (χ2v) is 6.56. The molecule has 0 saturated heterocycles. The molecule has 0 fully saturated rings. The van der Waals surface area contributed by atoms with Crippen molar-refractivity contribution in [3.8, 4) is 0 Å². The summed E-state index contributed by atoms with van der Waals surface area (Å²) in [6, 6.07) is 5.38. The minimum atomic E-state index is -4.36. The van der Waals surface area contributed by atoms with Gasteiger partial charge < -0.3 is 9.47 Å². The molecule has 1 aromatic heterocycles. The first-order chi connectivity index (χ1) is 12.6. The van der Waals surface area contributed by atoms with Crippen LogP contribution in [0.2, 0.25) is 0 Å². The molecule has 1 heterocycles. The second-order valence-electron chi connectivity index (χ2n) is 6.56. The molecule has 8 heteroatoms. The quantitative estimate of drug-likeness (QED) is 0.688. The summed E-state index contributed by atoms with van der Waals surface area (Å²) in [5.41, 5.74) is 2.63. The third-order valence-corrected chi connectivity index (χ3v) is 4.35. The molecule has 0 saturated carbocycles. The maximum atomic E-state index is 12.6. The molecule has 27 heavy (non-hydrogen) atoms. The lowest BCUT2D eigenvalue weighted by Gasteiger charge is -2.18. The van der Waals surface area contributed by atoms with Crippen molar-refractivity contribution in [2.75, 3.05) is 7.05 Å². The van der Waals surface area contributed by atoms with Crippen molar-refractivity contribution in [1.82, 2.24) is 14.5 Å². The summed E-state index contributed by atoms with van der Waals surface area (Å²) in [7, 11) is 1.48. The van der Waals surface area contributed by atoms with E-state index in [1.54, 1.807) is 12.1 Å². The predicted molar refractivity (Wildman–Crippen MR) is 94.2 cm³/mol. The molecule has 0 aliphatic carbocycles. The minimum Gasteiger partial charge on any atom is -0.338 e. The van der Waals surface area contributed by atoms with Crippen LogP contribution in [-0.4, -0.2) is 39.4 Å². The van der Waals surface area contributed by atoms with Gasteiger partial charge in [0.2, 0.25) is 5.91 Å². The fraction of sp³-hybridized carbons (Fsp3) is 0.421. The molecule has 1 aromatic carbocycles. The summed E-state index contributed by atoms with van der Waals surface area (Å²) in [5.74, 6) is -0.323. The van der Waals surface area contributed by atoms with Crippen molar-refractivity contribution in [2.24, 2.45) is 0 Å². The molecular formula is C19H22F3N3O2. The largest absolute Gasteiger partial charge is 0.406 e. The van der Waals surface area contributed by atoms with Gasteiger partial charge in [-0.1, -0.05) is 12.1 Å². The van der Waals surface area contributed by atoms with Gasteiger partial charge in [0.1, 0.15) is 12.4 Å². The summed E-state index contributed by atoms with van der Waals surface area (Å²) < 4.78 is 38.6. The van der Waals surface area contributed by atoms with Crippen molar-refractivity contribution >= 4 is 11.7 Å². The van der Waals surface area contributed by atoms with Crippen LogP contribution in [0.25, 0.3) is 0 Å². The standard InChI is InChI=1S/C19H22F3N3O2/c1-13-4-5-15(10-14(13)2)16(26)6-7-18(27)24(3)11-17-23-8-9-25(17)12-19(20,21)22/h4-5,8-10H,6-7,11-12H2,1-3H3.